The molecule has 3 N–H and O–H groups in total. The van der Waals surface area contributed by atoms with Crippen LogP contribution in [-0.2, 0) is 0 Å². The predicted octanol–water partition coefficient (Wildman–Crippen LogP) is 2.19. The van der Waals surface area contributed by atoms with Gasteiger partial charge in [-0.3, -0.25) is 0 Å². The van der Waals surface area contributed by atoms with Gasteiger partial charge in [0.1, 0.15) is 17.8 Å². The highest BCUT2D eigenvalue weighted by Crippen LogP contribution is 2.30. The van der Waals surface area contributed by atoms with Crippen LogP contribution in [0.5, 0.6) is 11.6 Å². The highest BCUT2D eigenvalue weighted by molar-refractivity contribution is 9.10. The SMILES string of the molecule is CN1CCN(Nc2ncnc(Oc3ccc(Br)cc3)c2N)CC1. The van der Waals surface area contributed by atoms with E-state index in [2.05, 4.69) is 48.3 Å². The number of nitrogens with one attached hydrogen (secondary N) is 1. The van der Waals surface area contributed by atoms with Crippen molar-refractivity contribution in [2.75, 3.05) is 44.4 Å². The maximum absolute atomic E-state index is 6.15. The molecule has 0 bridgehead atoms. The minimum Gasteiger partial charge on any atom is -0.437 e. The van der Waals surface area contributed by atoms with Crippen LogP contribution in [-0.4, -0.2) is 53.1 Å². The van der Waals surface area contributed by atoms with E-state index in [0.29, 0.717) is 23.1 Å². The van der Waals surface area contributed by atoms with Crippen LogP contribution in [0.4, 0.5) is 11.5 Å². The van der Waals surface area contributed by atoms with Crippen LogP contribution in [0.15, 0.2) is 35.1 Å². The molecule has 8 heteroatoms. The first-order chi connectivity index (χ1) is 11.1. The highest BCUT2D eigenvalue weighted by Gasteiger charge is 2.17. The van der Waals surface area contributed by atoms with Crippen molar-refractivity contribution in [2.24, 2.45) is 0 Å². The van der Waals surface area contributed by atoms with Crippen LogP contribution in [0.2, 0.25) is 0 Å². The third-order valence-corrected chi connectivity index (χ3v) is 4.17. The zero-order valence-corrected chi connectivity index (χ0v) is 14.5. The van der Waals surface area contributed by atoms with E-state index in [4.69, 9.17) is 10.5 Å². The number of nitrogens with zero attached hydrogens (tertiary/aromatic N) is 4. The zero-order chi connectivity index (χ0) is 16.2. The summed E-state index contributed by atoms with van der Waals surface area (Å²) in [5.74, 6) is 1.58. The van der Waals surface area contributed by atoms with Crippen LogP contribution in [0.1, 0.15) is 0 Å². The lowest BCUT2D eigenvalue weighted by atomic mass is 10.3. The van der Waals surface area contributed by atoms with Crippen molar-refractivity contribution in [2.45, 2.75) is 0 Å². The van der Waals surface area contributed by atoms with Crippen LogP contribution in [0, 0.1) is 0 Å². The van der Waals surface area contributed by atoms with Crippen LogP contribution < -0.4 is 15.9 Å². The Morgan fingerprint density at radius 2 is 1.83 bits per heavy atom. The number of halogens is 1. The monoisotopic (exact) mass is 378 g/mol. The molecule has 1 fully saturated rings. The second-order valence-electron chi connectivity index (χ2n) is 5.40. The number of nitrogens with two attached hydrogens (primary N) is 1. The molecule has 23 heavy (non-hydrogen) atoms. The Kier molecular flexibility index (Phi) is 4.94. The van der Waals surface area contributed by atoms with Crippen molar-refractivity contribution in [1.29, 1.82) is 0 Å². The number of anilines is 2. The molecule has 1 saturated heterocycles. The summed E-state index contributed by atoms with van der Waals surface area (Å²) in [6.07, 6.45) is 1.45. The lowest BCUT2D eigenvalue weighted by Gasteiger charge is -2.32. The molecule has 2 heterocycles. The summed E-state index contributed by atoms with van der Waals surface area (Å²) in [7, 11) is 2.11. The number of nitrogen functional groups attached to an aromatic ring is 1. The molecule has 2 aromatic rings. The van der Waals surface area contributed by atoms with E-state index in [0.717, 1.165) is 30.7 Å². The normalized spacial score (nSPS) is 16.3. The standard InChI is InChI=1S/C15H19BrN6O/c1-21-6-8-22(9-7-21)20-14-13(17)15(19-10-18-14)23-12-4-2-11(16)3-5-12/h2-5,10H,6-9,17H2,1H3,(H,18,19,20). The first-order valence-electron chi connectivity index (χ1n) is 7.36. The second-order valence-corrected chi connectivity index (χ2v) is 6.31. The molecule has 3 rings (SSSR count). The van der Waals surface area contributed by atoms with Gasteiger partial charge in [-0.25, -0.2) is 9.99 Å². The van der Waals surface area contributed by atoms with E-state index < -0.39 is 0 Å². The predicted molar refractivity (Wildman–Crippen MR) is 93.4 cm³/mol. The fourth-order valence-corrected chi connectivity index (χ4v) is 2.50. The first-order valence-corrected chi connectivity index (χ1v) is 8.15. The van der Waals surface area contributed by atoms with E-state index in [1.807, 2.05) is 24.3 Å². The van der Waals surface area contributed by atoms with Gasteiger partial charge in [0, 0.05) is 30.7 Å². The van der Waals surface area contributed by atoms with E-state index >= 15 is 0 Å². The van der Waals surface area contributed by atoms with Gasteiger partial charge in [0.05, 0.1) is 0 Å². The molecule has 0 radical (unpaired) electrons. The van der Waals surface area contributed by atoms with Gasteiger partial charge in [-0.1, -0.05) is 15.9 Å². The lowest BCUT2D eigenvalue weighted by molar-refractivity contribution is 0.178. The van der Waals surface area contributed by atoms with Gasteiger partial charge >= 0.3 is 0 Å². The number of hydrazine groups is 1. The number of ether oxygens (including phenoxy) is 1. The minimum absolute atomic E-state index is 0.346. The van der Waals surface area contributed by atoms with Crippen LogP contribution in [0.3, 0.4) is 0 Å². The Morgan fingerprint density at radius 3 is 2.52 bits per heavy atom. The van der Waals surface area contributed by atoms with Crippen molar-refractivity contribution >= 4 is 27.4 Å². The van der Waals surface area contributed by atoms with Gasteiger partial charge in [-0.15, -0.1) is 0 Å². The van der Waals surface area contributed by atoms with E-state index in [9.17, 15) is 0 Å². The van der Waals surface area contributed by atoms with Crippen molar-refractivity contribution in [3.05, 3.63) is 35.1 Å². The summed E-state index contributed by atoms with van der Waals surface area (Å²) in [5, 5.41) is 2.10. The summed E-state index contributed by atoms with van der Waals surface area (Å²) < 4.78 is 6.73. The average molecular weight is 379 g/mol. The molecular formula is C15H19BrN6O. The Labute approximate surface area is 143 Å². The summed E-state index contributed by atoms with van der Waals surface area (Å²) in [5.41, 5.74) is 9.79. The molecule has 1 aromatic carbocycles. The van der Waals surface area contributed by atoms with Crippen molar-refractivity contribution in [3.63, 3.8) is 0 Å². The molecule has 0 saturated carbocycles. The van der Waals surface area contributed by atoms with Crippen molar-refractivity contribution in [3.8, 4) is 11.6 Å². The number of hydrogen-bond acceptors (Lipinski definition) is 7. The number of rotatable bonds is 4. The second kappa shape index (κ2) is 7.12. The largest absolute Gasteiger partial charge is 0.437 e. The maximum atomic E-state index is 6.15. The zero-order valence-electron chi connectivity index (χ0n) is 12.9. The minimum atomic E-state index is 0.346. The molecule has 1 aromatic heterocycles. The summed E-state index contributed by atoms with van der Waals surface area (Å²) in [6, 6.07) is 7.49. The third-order valence-electron chi connectivity index (χ3n) is 3.64. The number of aromatic nitrogens is 2. The van der Waals surface area contributed by atoms with Gasteiger partial charge in [-0.05, 0) is 31.3 Å². The van der Waals surface area contributed by atoms with Crippen molar-refractivity contribution in [1.82, 2.24) is 19.9 Å². The number of likely N-dealkylation sites (N-methyl/N-ethyl adjacent to an activating group) is 1. The van der Waals surface area contributed by atoms with E-state index in [1.165, 1.54) is 6.33 Å². The Hall–Kier alpha value is -1.90. The summed E-state index contributed by atoms with van der Waals surface area (Å²) >= 11 is 3.39. The van der Waals surface area contributed by atoms with Gasteiger partial charge in [-0.2, -0.15) is 4.98 Å². The fraction of sp³-hybridized carbons (Fsp3) is 0.333. The molecule has 7 nitrogen and oxygen atoms in total. The van der Waals surface area contributed by atoms with Gasteiger partial charge in [0.2, 0.25) is 5.88 Å². The third kappa shape index (κ3) is 4.10. The quantitative estimate of drug-likeness (QED) is 0.843. The molecule has 1 aliphatic rings. The summed E-state index contributed by atoms with van der Waals surface area (Å²) in [6.45, 7) is 3.81. The molecule has 1 aliphatic heterocycles. The smallest absolute Gasteiger partial charge is 0.248 e. The lowest BCUT2D eigenvalue weighted by Crippen LogP contribution is -2.47. The average Bonchev–Trinajstić information content (AvgIpc) is 2.55. The first kappa shape index (κ1) is 16.0. The van der Waals surface area contributed by atoms with Crippen LogP contribution in [0.25, 0.3) is 0 Å². The Morgan fingerprint density at radius 1 is 1.13 bits per heavy atom. The van der Waals surface area contributed by atoms with Crippen molar-refractivity contribution < 1.29 is 4.74 Å². The summed E-state index contributed by atoms with van der Waals surface area (Å²) in [4.78, 5) is 10.6. The molecule has 0 unspecified atom stereocenters. The fourth-order valence-electron chi connectivity index (χ4n) is 2.23. The molecule has 0 amide bonds. The van der Waals surface area contributed by atoms with E-state index in [-0.39, 0.29) is 0 Å². The highest BCUT2D eigenvalue weighted by atomic mass is 79.9. The molecule has 0 atom stereocenters. The van der Waals surface area contributed by atoms with Gasteiger partial charge in [0.15, 0.2) is 5.82 Å². The number of benzene rings is 1. The number of piperazine rings is 1. The van der Waals surface area contributed by atoms with Gasteiger partial charge < -0.3 is 20.8 Å². The van der Waals surface area contributed by atoms with Gasteiger partial charge in [0.25, 0.3) is 0 Å². The topological polar surface area (TPSA) is 79.5 Å². The molecular weight excluding hydrogens is 360 g/mol. The van der Waals surface area contributed by atoms with Crippen LogP contribution >= 0.6 is 15.9 Å². The van der Waals surface area contributed by atoms with E-state index in [1.54, 1.807) is 0 Å². The maximum Gasteiger partial charge on any atom is 0.248 e. The molecule has 0 aliphatic carbocycles. The Balaban J connectivity index is 1.71. The molecule has 0 spiro atoms. The number of hydrogen-bond donors (Lipinski definition) is 2. The molecule has 122 valence electrons. The Bertz CT molecular complexity index is 658.